The third kappa shape index (κ3) is 2.85. The van der Waals surface area contributed by atoms with E-state index in [9.17, 15) is 9.59 Å². The van der Waals surface area contributed by atoms with Crippen LogP contribution in [0.25, 0.3) is 0 Å². The first-order valence-electron chi connectivity index (χ1n) is 13.9. The summed E-state index contributed by atoms with van der Waals surface area (Å²) in [4.78, 5) is 27.2. The summed E-state index contributed by atoms with van der Waals surface area (Å²) in [5, 5.41) is 0. The molecule has 5 rings (SSSR count). The highest BCUT2D eigenvalue weighted by molar-refractivity contribution is 5.86. The number of hydrogen-bond acceptors (Lipinski definition) is 2. The SMILES string of the molecule is C=CC12CCC(C)(C)CC1C1C(=O)CC3C4(C)CCC(=O)C(C)(C)C4CCC3(C)[C@]1(C)CC2. The summed E-state index contributed by atoms with van der Waals surface area (Å²) >= 11 is 0. The minimum Gasteiger partial charge on any atom is -0.299 e. The van der Waals surface area contributed by atoms with Gasteiger partial charge in [0.1, 0.15) is 11.6 Å². The molecule has 0 aromatic carbocycles. The maximum atomic E-state index is 14.3. The van der Waals surface area contributed by atoms with Crippen molar-refractivity contribution in [1.29, 1.82) is 0 Å². The zero-order chi connectivity index (χ0) is 24.2. The molecule has 5 fully saturated rings. The summed E-state index contributed by atoms with van der Waals surface area (Å²) in [5.41, 5.74) is 0.517. The van der Waals surface area contributed by atoms with Crippen LogP contribution < -0.4 is 0 Å². The zero-order valence-corrected chi connectivity index (χ0v) is 22.5. The fraction of sp³-hybridized carbons (Fsp3) is 0.871. The quantitative estimate of drug-likeness (QED) is 0.380. The van der Waals surface area contributed by atoms with Crippen molar-refractivity contribution in [2.24, 2.45) is 56.2 Å². The van der Waals surface area contributed by atoms with Crippen molar-refractivity contribution < 1.29 is 9.59 Å². The van der Waals surface area contributed by atoms with Gasteiger partial charge in [-0.05, 0) is 96.2 Å². The van der Waals surface area contributed by atoms with Crippen molar-refractivity contribution in [3.8, 4) is 0 Å². The molecule has 2 heteroatoms. The van der Waals surface area contributed by atoms with Crippen LogP contribution in [0.15, 0.2) is 12.7 Å². The number of rotatable bonds is 1. The van der Waals surface area contributed by atoms with Crippen molar-refractivity contribution in [2.45, 2.75) is 113 Å². The average Bonchev–Trinajstić information content (AvgIpc) is 2.72. The standard InChI is InChI=1S/C31H48O2/c1-9-31-16-14-26(2,3)19-20(31)25-21(32)18-23-28(6)12-11-24(33)27(4,5)22(28)10-13-29(23,7)30(25,8)15-17-31/h9,20,22-23,25H,1,10-19H2,2-8H3/t20?,22?,23?,25?,28?,29?,30-,31?/m1/s1. The Kier molecular flexibility index (Phi) is 4.94. The second-order valence-electron chi connectivity index (χ2n) is 15.2. The lowest BCUT2D eigenvalue weighted by Gasteiger charge is -2.72. The van der Waals surface area contributed by atoms with E-state index >= 15 is 0 Å². The molecule has 2 nitrogen and oxygen atoms in total. The number of fused-ring (bicyclic) bond motifs is 7. The van der Waals surface area contributed by atoms with E-state index in [0.29, 0.717) is 41.2 Å². The van der Waals surface area contributed by atoms with Gasteiger partial charge < -0.3 is 0 Å². The molecule has 0 aliphatic heterocycles. The predicted octanol–water partition coefficient (Wildman–Crippen LogP) is 7.80. The Morgan fingerprint density at radius 3 is 2.15 bits per heavy atom. The van der Waals surface area contributed by atoms with Crippen LogP contribution in [0.2, 0.25) is 0 Å². The Morgan fingerprint density at radius 2 is 1.48 bits per heavy atom. The van der Waals surface area contributed by atoms with Crippen molar-refractivity contribution >= 4 is 11.6 Å². The fourth-order valence-corrected chi connectivity index (χ4v) is 10.9. The van der Waals surface area contributed by atoms with Gasteiger partial charge in [0.15, 0.2) is 0 Å². The van der Waals surface area contributed by atoms with Gasteiger partial charge in [-0.15, -0.1) is 6.58 Å². The summed E-state index contributed by atoms with van der Waals surface area (Å²) < 4.78 is 0. The van der Waals surface area contributed by atoms with E-state index in [4.69, 9.17) is 0 Å². The molecule has 5 aliphatic rings. The number of carbonyl (C=O) groups is 2. The molecular weight excluding hydrogens is 404 g/mol. The van der Waals surface area contributed by atoms with Gasteiger partial charge >= 0.3 is 0 Å². The molecule has 7 unspecified atom stereocenters. The number of allylic oxidation sites excluding steroid dienone is 1. The van der Waals surface area contributed by atoms with E-state index in [1.165, 1.54) is 25.7 Å². The molecule has 33 heavy (non-hydrogen) atoms. The summed E-state index contributed by atoms with van der Waals surface area (Å²) in [7, 11) is 0. The van der Waals surface area contributed by atoms with Gasteiger partial charge in [0.25, 0.3) is 0 Å². The molecule has 5 aliphatic carbocycles. The third-order valence-corrected chi connectivity index (χ3v) is 13.2. The molecular formula is C31H48O2. The monoisotopic (exact) mass is 452 g/mol. The highest BCUT2D eigenvalue weighted by Crippen LogP contribution is 2.76. The maximum Gasteiger partial charge on any atom is 0.138 e. The van der Waals surface area contributed by atoms with E-state index in [1.807, 2.05) is 0 Å². The van der Waals surface area contributed by atoms with Crippen LogP contribution >= 0.6 is 0 Å². The minimum absolute atomic E-state index is 0.0528. The zero-order valence-electron chi connectivity index (χ0n) is 22.5. The largest absolute Gasteiger partial charge is 0.299 e. The highest BCUT2D eigenvalue weighted by Gasteiger charge is 2.71. The van der Waals surface area contributed by atoms with Gasteiger partial charge in [-0.3, -0.25) is 9.59 Å². The van der Waals surface area contributed by atoms with Crippen LogP contribution in [-0.2, 0) is 9.59 Å². The van der Waals surface area contributed by atoms with Crippen LogP contribution in [0.3, 0.4) is 0 Å². The van der Waals surface area contributed by atoms with E-state index in [0.717, 1.165) is 32.1 Å². The molecule has 0 radical (unpaired) electrons. The van der Waals surface area contributed by atoms with Gasteiger partial charge in [0.2, 0.25) is 0 Å². The first-order chi connectivity index (χ1) is 15.2. The van der Waals surface area contributed by atoms with Gasteiger partial charge in [-0.1, -0.05) is 54.5 Å². The van der Waals surface area contributed by atoms with Gasteiger partial charge in [0.05, 0.1) is 0 Å². The van der Waals surface area contributed by atoms with Crippen LogP contribution in [0.5, 0.6) is 0 Å². The Balaban J connectivity index is 1.59. The van der Waals surface area contributed by atoms with Crippen LogP contribution in [0, 0.1) is 56.2 Å². The smallest absolute Gasteiger partial charge is 0.138 e. The molecule has 0 saturated heterocycles. The molecule has 0 aromatic heterocycles. The summed E-state index contributed by atoms with van der Waals surface area (Å²) in [6.07, 6.45) is 12.9. The first-order valence-corrected chi connectivity index (χ1v) is 13.9. The summed E-state index contributed by atoms with van der Waals surface area (Å²) in [6.45, 7) is 21.1. The highest BCUT2D eigenvalue weighted by atomic mass is 16.1. The van der Waals surface area contributed by atoms with E-state index in [2.05, 4.69) is 61.1 Å². The van der Waals surface area contributed by atoms with Crippen LogP contribution in [0.4, 0.5) is 0 Å². The second-order valence-corrected chi connectivity index (χ2v) is 15.2. The van der Waals surface area contributed by atoms with Crippen LogP contribution in [-0.4, -0.2) is 11.6 Å². The lowest BCUT2D eigenvalue weighted by atomic mass is 9.31. The third-order valence-electron chi connectivity index (χ3n) is 13.2. The van der Waals surface area contributed by atoms with Gasteiger partial charge in [-0.25, -0.2) is 0 Å². The molecule has 8 atom stereocenters. The van der Waals surface area contributed by atoms with E-state index < -0.39 is 0 Å². The first kappa shape index (κ1) is 23.8. The topological polar surface area (TPSA) is 34.1 Å². The molecule has 0 amide bonds. The predicted molar refractivity (Wildman–Crippen MR) is 135 cm³/mol. The molecule has 0 N–H and O–H groups in total. The number of Topliss-reactive ketones (excluding diaryl/α,β-unsaturated/α-hetero) is 2. The Morgan fingerprint density at radius 1 is 0.818 bits per heavy atom. The molecule has 0 heterocycles. The van der Waals surface area contributed by atoms with Gasteiger partial charge in [-0.2, -0.15) is 0 Å². The summed E-state index contributed by atoms with van der Waals surface area (Å²) in [6, 6.07) is 0. The van der Waals surface area contributed by atoms with Crippen molar-refractivity contribution in [3.63, 3.8) is 0 Å². The lowest BCUT2D eigenvalue weighted by Crippen LogP contribution is -2.68. The molecule has 184 valence electrons. The van der Waals surface area contributed by atoms with Crippen molar-refractivity contribution in [1.82, 2.24) is 0 Å². The second kappa shape index (κ2) is 6.85. The van der Waals surface area contributed by atoms with Crippen LogP contribution in [0.1, 0.15) is 113 Å². The van der Waals surface area contributed by atoms with E-state index in [1.54, 1.807) is 0 Å². The molecule has 0 aromatic rings. The Bertz CT molecular complexity index is 897. The fourth-order valence-electron chi connectivity index (χ4n) is 10.9. The lowest BCUT2D eigenvalue weighted by molar-refractivity contribution is -0.229. The van der Waals surface area contributed by atoms with Crippen molar-refractivity contribution in [3.05, 3.63) is 12.7 Å². The number of ketones is 2. The van der Waals surface area contributed by atoms with Gasteiger partial charge in [0, 0.05) is 24.2 Å². The van der Waals surface area contributed by atoms with E-state index in [-0.39, 0.29) is 33.0 Å². The minimum atomic E-state index is -0.257. The molecule has 0 spiro atoms. The Hall–Kier alpha value is -0.920. The number of hydrogen-bond donors (Lipinski definition) is 0. The number of carbonyl (C=O) groups excluding carboxylic acids is 2. The molecule has 0 bridgehead atoms. The summed E-state index contributed by atoms with van der Waals surface area (Å²) in [5.74, 6) is 2.41. The average molecular weight is 453 g/mol. The maximum absolute atomic E-state index is 14.3. The normalized spacial score (nSPS) is 52.7. The van der Waals surface area contributed by atoms with Crippen molar-refractivity contribution in [2.75, 3.05) is 0 Å². The Labute approximate surface area is 202 Å². The molecule has 5 saturated carbocycles.